The molecule has 1 unspecified atom stereocenters. The van der Waals surface area contributed by atoms with Gasteiger partial charge in [-0.3, -0.25) is 4.79 Å². The van der Waals surface area contributed by atoms with Gasteiger partial charge in [0.1, 0.15) is 12.4 Å². The Morgan fingerprint density at radius 2 is 1.79 bits per heavy atom. The van der Waals surface area contributed by atoms with E-state index in [4.69, 9.17) is 4.74 Å². The number of hydrogen-bond acceptors (Lipinski definition) is 2. The maximum Gasteiger partial charge on any atom is 0.172 e. The molecule has 1 rings (SSSR count). The summed E-state index contributed by atoms with van der Waals surface area (Å²) in [4.78, 5) is 11.7. The second kappa shape index (κ2) is 6.74. The van der Waals surface area contributed by atoms with Gasteiger partial charge >= 0.3 is 0 Å². The monoisotopic (exact) mass is 262 g/mol. The molecule has 0 saturated heterocycles. The van der Waals surface area contributed by atoms with Crippen LogP contribution in [-0.4, -0.2) is 12.4 Å². The van der Waals surface area contributed by atoms with E-state index in [9.17, 15) is 4.79 Å². The Labute approximate surface area is 117 Å². The average Bonchev–Trinajstić information content (AvgIpc) is 2.44. The summed E-state index contributed by atoms with van der Waals surface area (Å²) in [6.07, 6.45) is 1.96. The Kier molecular flexibility index (Phi) is 5.59. The fourth-order valence-electron chi connectivity index (χ4n) is 1.73. The molecule has 106 valence electrons. The van der Waals surface area contributed by atoms with E-state index in [0.717, 1.165) is 18.6 Å². The molecule has 0 fully saturated rings. The van der Waals surface area contributed by atoms with Crippen LogP contribution < -0.4 is 4.74 Å². The molecular weight excluding hydrogens is 236 g/mol. The summed E-state index contributed by atoms with van der Waals surface area (Å²) in [5, 5.41) is 0. The van der Waals surface area contributed by atoms with Crippen molar-refractivity contribution in [3.8, 4) is 5.75 Å². The first-order chi connectivity index (χ1) is 8.90. The zero-order valence-electron chi connectivity index (χ0n) is 12.8. The summed E-state index contributed by atoms with van der Waals surface area (Å²) in [6, 6.07) is 8.09. The van der Waals surface area contributed by atoms with E-state index in [-0.39, 0.29) is 23.7 Å². The van der Waals surface area contributed by atoms with Crippen LogP contribution in [0.2, 0.25) is 0 Å². The number of rotatable bonds is 7. The quantitative estimate of drug-likeness (QED) is 0.729. The van der Waals surface area contributed by atoms with Crippen molar-refractivity contribution in [3.05, 3.63) is 29.8 Å². The lowest BCUT2D eigenvalue weighted by Gasteiger charge is -2.23. The molecule has 1 aromatic carbocycles. The highest BCUT2D eigenvalue weighted by Crippen LogP contribution is 2.28. The first-order valence-electron chi connectivity index (χ1n) is 7.16. The van der Waals surface area contributed by atoms with Crippen molar-refractivity contribution in [2.45, 2.75) is 52.9 Å². The molecule has 0 aliphatic rings. The highest BCUT2D eigenvalue weighted by atomic mass is 16.5. The van der Waals surface area contributed by atoms with E-state index in [1.54, 1.807) is 0 Å². The fraction of sp³-hybridized carbons (Fsp3) is 0.588. The first-order valence-corrected chi connectivity index (χ1v) is 7.16. The van der Waals surface area contributed by atoms with E-state index in [1.165, 1.54) is 5.56 Å². The average molecular weight is 262 g/mol. The Balaban J connectivity index is 2.61. The lowest BCUT2D eigenvalue weighted by molar-refractivity contribution is -0.124. The molecule has 0 radical (unpaired) electrons. The third-order valence-corrected chi connectivity index (χ3v) is 4.06. The van der Waals surface area contributed by atoms with Crippen molar-refractivity contribution in [2.24, 2.45) is 5.92 Å². The van der Waals surface area contributed by atoms with Crippen LogP contribution in [0, 0.1) is 5.92 Å². The van der Waals surface area contributed by atoms with Crippen LogP contribution in [0.15, 0.2) is 24.3 Å². The maximum absolute atomic E-state index is 11.7. The minimum atomic E-state index is 0.0818. The second-order valence-corrected chi connectivity index (χ2v) is 5.83. The number of Topliss-reactive ketones (excluding diaryl/α,β-unsaturated/α-hetero) is 1. The van der Waals surface area contributed by atoms with Gasteiger partial charge in [0, 0.05) is 5.92 Å². The summed E-state index contributed by atoms with van der Waals surface area (Å²) in [7, 11) is 0. The summed E-state index contributed by atoms with van der Waals surface area (Å²) in [6.45, 7) is 10.8. The van der Waals surface area contributed by atoms with Crippen LogP contribution in [0.4, 0.5) is 0 Å². The number of ether oxygens (including phenoxy) is 1. The fourth-order valence-corrected chi connectivity index (χ4v) is 1.73. The summed E-state index contributed by atoms with van der Waals surface area (Å²) in [5.41, 5.74) is 1.49. The molecule has 0 amide bonds. The van der Waals surface area contributed by atoms with Gasteiger partial charge in [-0.1, -0.05) is 46.8 Å². The number of ketones is 1. The topological polar surface area (TPSA) is 26.3 Å². The highest BCUT2D eigenvalue weighted by Gasteiger charge is 2.17. The third-order valence-electron chi connectivity index (χ3n) is 4.06. The third kappa shape index (κ3) is 4.38. The largest absolute Gasteiger partial charge is 0.486 e. The van der Waals surface area contributed by atoms with Crippen molar-refractivity contribution in [3.63, 3.8) is 0 Å². The highest BCUT2D eigenvalue weighted by molar-refractivity contribution is 5.82. The number of carbonyl (C=O) groups excluding carboxylic acids is 1. The maximum atomic E-state index is 11.7. The summed E-state index contributed by atoms with van der Waals surface area (Å²) >= 11 is 0. The number of hydrogen-bond donors (Lipinski definition) is 0. The van der Waals surface area contributed by atoms with Gasteiger partial charge in [-0.15, -0.1) is 0 Å². The molecule has 2 nitrogen and oxygen atoms in total. The van der Waals surface area contributed by atoms with E-state index in [2.05, 4.69) is 32.9 Å². The van der Waals surface area contributed by atoms with Gasteiger partial charge in [-0.2, -0.15) is 0 Å². The van der Waals surface area contributed by atoms with Crippen molar-refractivity contribution in [1.82, 2.24) is 0 Å². The molecule has 19 heavy (non-hydrogen) atoms. The van der Waals surface area contributed by atoms with Crippen LogP contribution in [0.1, 0.15) is 53.0 Å². The summed E-state index contributed by atoms with van der Waals surface area (Å²) < 4.78 is 5.54. The van der Waals surface area contributed by atoms with Crippen LogP contribution in [0.3, 0.4) is 0 Å². The molecule has 2 heteroatoms. The summed E-state index contributed by atoms with van der Waals surface area (Å²) in [5.74, 6) is 1.02. The normalized spacial score (nSPS) is 13.1. The van der Waals surface area contributed by atoms with Crippen molar-refractivity contribution in [1.29, 1.82) is 0 Å². The molecule has 1 aromatic rings. The van der Waals surface area contributed by atoms with E-state index in [0.29, 0.717) is 0 Å². The predicted octanol–water partition coefficient (Wildman–Crippen LogP) is 4.37. The van der Waals surface area contributed by atoms with Crippen LogP contribution in [-0.2, 0) is 10.2 Å². The van der Waals surface area contributed by atoms with Gasteiger partial charge in [-0.05, 0) is 36.0 Å². The van der Waals surface area contributed by atoms with Gasteiger partial charge in [0.15, 0.2) is 5.78 Å². The van der Waals surface area contributed by atoms with E-state index >= 15 is 0 Å². The van der Waals surface area contributed by atoms with Crippen molar-refractivity contribution < 1.29 is 9.53 Å². The molecular formula is C17H26O2. The molecule has 0 aliphatic heterocycles. The minimum Gasteiger partial charge on any atom is -0.486 e. The SMILES string of the molecule is CCC(C)C(=O)COc1ccc(C(C)(C)CC)cc1. The predicted molar refractivity (Wildman–Crippen MR) is 79.7 cm³/mol. The van der Waals surface area contributed by atoms with Gasteiger partial charge in [0.2, 0.25) is 0 Å². The van der Waals surface area contributed by atoms with Crippen molar-refractivity contribution in [2.75, 3.05) is 6.61 Å². The van der Waals surface area contributed by atoms with Crippen LogP contribution in [0.25, 0.3) is 0 Å². The molecule has 0 heterocycles. The molecule has 0 spiro atoms. The molecule has 1 atom stereocenters. The zero-order chi connectivity index (χ0) is 14.5. The first kappa shape index (κ1) is 15.7. The van der Waals surface area contributed by atoms with Crippen LogP contribution in [0.5, 0.6) is 5.75 Å². The van der Waals surface area contributed by atoms with Gasteiger partial charge in [0.25, 0.3) is 0 Å². The van der Waals surface area contributed by atoms with E-state index in [1.807, 2.05) is 26.0 Å². The van der Waals surface area contributed by atoms with Gasteiger partial charge in [0.05, 0.1) is 0 Å². The van der Waals surface area contributed by atoms with Crippen molar-refractivity contribution >= 4 is 5.78 Å². The molecule has 0 N–H and O–H groups in total. The Morgan fingerprint density at radius 1 is 1.21 bits per heavy atom. The molecule has 0 bridgehead atoms. The van der Waals surface area contributed by atoms with E-state index < -0.39 is 0 Å². The van der Waals surface area contributed by atoms with Gasteiger partial charge in [-0.25, -0.2) is 0 Å². The number of benzene rings is 1. The lowest BCUT2D eigenvalue weighted by atomic mass is 9.82. The Hall–Kier alpha value is -1.31. The molecule has 0 saturated carbocycles. The molecule has 0 aliphatic carbocycles. The minimum absolute atomic E-state index is 0.0818. The Bertz CT molecular complexity index is 404. The van der Waals surface area contributed by atoms with Gasteiger partial charge < -0.3 is 4.74 Å². The lowest BCUT2D eigenvalue weighted by Crippen LogP contribution is -2.19. The molecule has 0 aromatic heterocycles. The Morgan fingerprint density at radius 3 is 2.26 bits per heavy atom. The smallest absolute Gasteiger partial charge is 0.172 e. The van der Waals surface area contributed by atoms with Crippen LogP contribution >= 0.6 is 0 Å². The standard InChI is InChI=1S/C17H26O2/c1-6-13(3)16(18)12-19-15-10-8-14(9-11-15)17(4,5)7-2/h8-11,13H,6-7,12H2,1-5H3. The number of carbonyl (C=O) groups is 1. The zero-order valence-corrected chi connectivity index (χ0v) is 12.8. The second-order valence-electron chi connectivity index (χ2n) is 5.83.